The van der Waals surface area contributed by atoms with E-state index in [2.05, 4.69) is 26.0 Å². The number of benzene rings is 2. The number of methoxy groups -OCH3 is 1. The predicted octanol–water partition coefficient (Wildman–Crippen LogP) is 6.68. The molecule has 1 amide bonds. The van der Waals surface area contributed by atoms with Gasteiger partial charge in [0.25, 0.3) is 0 Å². The van der Waals surface area contributed by atoms with Crippen LogP contribution in [-0.4, -0.2) is 37.7 Å². The Labute approximate surface area is 210 Å². The Morgan fingerprint density at radius 3 is 2.34 bits per heavy atom. The minimum atomic E-state index is -0.394. The van der Waals surface area contributed by atoms with Crippen molar-refractivity contribution in [2.24, 2.45) is 0 Å². The van der Waals surface area contributed by atoms with Gasteiger partial charge in [-0.15, -0.1) is 0 Å². The molecule has 0 saturated carbocycles. The summed E-state index contributed by atoms with van der Waals surface area (Å²) in [6, 6.07) is 17.7. The van der Waals surface area contributed by atoms with E-state index in [0.717, 1.165) is 55.2 Å². The summed E-state index contributed by atoms with van der Waals surface area (Å²) in [5.41, 5.74) is 2.15. The molecule has 1 heterocycles. The van der Waals surface area contributed by atoms with Gasteiger partial charge in [-0.2, -0.15) is 0 Å². The van der Waals surface area contributed by atoms with Gasteiger partial charge < -0.3 is 18.9 Å². The van der Waals surface area contributed by atoms with Crippen molar-refractivity contribution in [2.45, 2.75) is 71.2 Å². The molecule has 3 rings (SSSR count). The summed E-state index contributed by atoms with van der Waals surface area (Å²) in [6.45, 7) is 5.06. The van der Waals surface area contributed by atoms with E-state index in [1.54, 1.807) is 18.3 Å². The van der Waals surface area contributed by atoms with Crippen LogP contribution in [0.1, 0.15) is 50.7 Å². The van der Waals surface area contributed by atoms with Crippen molar-refractivity contribution in [1.82, 2.24) is 4.90 Å². The number of ether oxygens (including phenoxy) is 3. The summed E-state index contributed by atoms with van der Waals surface area (Å²) < 4.78 is 23.1. The van der Waals surface area contributed by atoms with Crippen LogP contribution in [0.2, 0.25) is 12.6 Å². The summed E-state index contributed by atoms with van der Waals surface area (Å²) in [5, 5.41) is 0. The number of carbonyl (C=O) groups excluding carboxylic acids is 1. The van der Waals surface area contributed by atoms with Crippen molar-refractivity contribution in [2.75, 3.05) is 13.7 Å². The van der Waals surface area contributed by atoms with Crippen molar-refractivity contribution in [1.29, 1.82) is 0 Å². The quantitative estimate of drug-likeness (QED) is 0.211. The van der Waals surface area contributed by atoms with Crippen LogP contribution in [0.25, 0.3) is 0 Å². The number of unbranched alkanes of at least 4 members (excludes halogenated alkanes) is 2. The molecule has 6 nitrogen and oxygen atoms in total. The van der Waals surface area contributed by atoms with Gasteiger partial charge in [-0.1, -0.05) is 82.0 Å². The third-order valence-corrected chi connectivity index (χ3v) is 6.15. The van der Waals surface area contributed by atoms with E-state index in [1.165, 1.54) is 0 Å². The van der Waals surface area contributed by atoms with E-state index >= 15 is 0 Å². The lowest BCUT2D eigenvalue weighted by Gasteiger charge is -2.27. The smallest absolute Gasteiger partial charge is 0.417 e. The second-order valence-electron chi connectivity index (χ2n) is 8.93. The molecule has 0 N–H and O–H groups in total. The first kappa shape index (κ1) is 26.5. The zero-order valence-electron chi connectivity index (χ0n) is 21.3. The van der Waals surface area contributed by atoms with Crippen molar-refractivity contribution >= 4 is 13.0 Å². The SMILES string of the molecule is CCCCB(CCCC)O/C(=C\OCc1ccc(OC)cc1)N1C(=O)OC[C@@H]1Cc1ccccc1. The number of rotatable bonds is 15. The van der Waals surface area contributed by atoms with Gasteiger partial charge in [0.1, 0.15) is 25.2 Å². The van der Waals surface area contributed by atoms with Gasteiger partial charge in [0.05, 0.1) is 13.2 Å². The minimum absolute atomic E-state index is 0.0245. The van der Waals surface area contributed by atoms with Crippen LogP contribution in [0.3, 0.4) is 0 Å². The topological polar surface area (TPSA) is 57.2 Å². The fourth-order valence-electron chi connectivity index (χ4n) is 4.14. The second kappa shape index (κ2) is 14.3. The average molecular weight is 479 g/mol. The summed E-state index contributed by atoms with van der Waals surface area (Å²) in [7, 11) is 1.65. The molecule has 0 radical (unpaired) electrons. The van der Waals surface area contributed by atoms with E-state index in [4.69, 9.17) is 18.9 Å². The highest BCUT2D eigenvalue weighted by molar-refractivity contribution is 6.52. The molecule has 0 unspecified atom stereocenters. The molecule has 1 fully saturated rings. The first-order valence-corrected chi connectivity index (χ1v) is 12.8. The van der Waals surface area contributed by atoms with Crippen LogP contribution < -0.4 is 4.74 Å². The number of hydrogen-bond donors (Lipinski definition) is 0. The van der Waals surface area contributed by atoms with Crippen LogP contribution in [0.15, 0.2) is 66.7 Å². The van der Waals surface area contributed by atoms with Crippen LogP contribution in [0.4, 0.5) is 4.79 Å². The van der Waals surface area contributed by atoms with E-state index in [-0.39, 0.29) is 13.0 Å². The molecule has 35 heavy (non-hydrogen) atoms. The predicted molar refractivity (Wildman–Crippen MR) is 139 cm³/mol. The summed E-state index contributed by atoms with van der Waals surface area (Å²) >= 11 is 0. The lowest BCUT2D eigenvalue weighted by molar-refractivity contribution is 0.141. The molecular weight excluding hydrogens is 441 g/mol. The van der Waals surface area contributed by atoms with Crippen molar-refractivity contribution in [3.8, 4) is 5.75 Å². The van der Waals surface area contributed by atoms with E-state index in [0.29, 0.717) is 25.5 Å². The maximum atomic E-state index is 12.8. The lowest BCUT2D eigenvalue weighted by Crippen LogP contribution is -2.37. The minimum Gasteiger partial charge on any atom is -0.547 e. The molecule has 2 aromatic carbocycles. The van der Waals surface area contributed by atoms with Crippen molar-refractivity contribution in [3.05, 3.63) is 77.9 Å². The Hall–Kier alpha value is -3.09. The molecule has 1 atom stereocenters. The summed E-state index contributed by atoms with van der Waals surface area (Å²) in [5.74, 6) is 1.23. The largest absolute Gasteiger partial charge is 0.547 e. The molecule has 0 aliphatic carbocycles. The molecule has 188 valence electrons. The van der Waals surface area contributed by atoms with E-state index in [1.807, 2.05) is 42.5 Å². The Balaban J connectivity index is 1.79. The normalized spacial score (nSPS) is 15.6. The second-order valence-corrected chi connectivity index (χ2v) is 8.93. The number of amides is 1. The van der Waals surface area contributed by atoms with Gasteiger partial charge in [0, 0.05) is 0 Å². The third-order valence-electron chi connectivity index (χ3n) is 6.15. The van der Waals surface area contributed by atoms with Gasteiger partial charge in [0.15, 0.2) is 0 Å². The lowest BCUT2D eigenvalue weighted by atomic mass is 9.59. The van der Waals surface area contributed by atoms with Crippen LogP contribution in [-0.2, 0) is 27.2 Å². The van der Waals surface area contributed by atoms with Gasteiger partial charge in [-0.3, -0.25) is 0 Å². The first-order chi connectivity index (χ1) is 17.1. The molecule has 7 heteroatoms. The maximum absolute atomic E-state index is 12.8. The van der Waals surface area contributed by atoms with Crippen LogP contribution in [0.5, 0.6) is 5.75 Å². The Morgan fingerprint density at radius 1 is 1.03 bits per heavy atom. The highest BCUT2D eigenvalue weighted by Crippen LogP contribution is 2.26. The van der Waals surface area contributed by atoms with Gasteiger partial charge >= 0.3 is 13.0 Å². The van der Waals surface area contributed by atoms with Gasteiger partial charge in [-0.25, -0.2) is 9.69 Å². The number of carbonyl (C=O) groups is 1. The number of hydrogen-bond acceptors (Lipinski definition) is 5. The van der Waals surface area contributed by atoms with Gasteiger partial charge in [0.2, 0.25) is 5.88 Å². The number of cyclic esters (lactones) is 1. The van der Waals surface area contributed by atoms with Gasteiger partial charge in [-0.05, 0) is 42.3 Å². The highest BCUT2D eigenvalue weighted by atomic mass is 16.6. The van der Waals surface area contributed by atoms with Crippen LogP contribution >= 0.6 is 0 Å². The van der Waals surface area contributed by atoms with E-state index < -0.39 is 6.09 Å². The molecular formula is C28H38BNO5. The third kappa shape index (κ3) is 8.27. The Bertz CT molecular complexity index is 911. The molecule has 1 aliphatic rings. The number of nitrogens with zero attached hydrogens (tertiary/aromatic N) is 1. The van der Waals surface area contributed by atoms with Crippen molar-refractivity contribution < 1.29 is 23.7 Å². The fourth-order valence-corrected chi connectivity index (χ4v) is 4.14. The fraction of sp³-hybridized carbons (Fsp3) is 0.464. The van der Waals surface area contributed by atoms with E-state index in [9.17, 15) is 4.79 Å². The molecule has 0 bridgehead atoms. The Kier molecular flexibility index (Phi) is 10.9. The van der Waals surface area contributed by atoms with Crippen molar-refractivity contribution in [3.63, 3.8) is 0 Å². The molecule has 0 aromatic heterocycles. The Morgan fingerprint density at radius 2 is 1.71 bits per heavy atom. The summed E-state index contributed by atoms with van der Waals surface area (Å²) in [6.07, 6.45) is 8.10. The molecule has 1 aliphatic heterocycles. The average Bonchev–Trinajstić information content (AvgIpc) is 3.25. The molecule has 2 aromatic rings. The summed E-state index contributed by atoms with van der Waals surface area (Å²) in [4.78, 5) is 14.5. The molecule has 1 saturated heterocycles. The standard InChI is InChI=1S/C28H38BNO5/c1-4-6-17-29(18-7-5-2)35-27(22-33-20-24-13-15-26(32-3)16-14-24)30-25(21-34-28(30)31)19-23-11-9-8-10-12-23/h8-16,22,25H,4-7,17-21H2,1-3H3/b27-22-/t25-/m0/s1. The zero-order chi connectivity index (χ0) is 24.9. The van der Waals surface area contributed by atoms with Crippen LogP contribution in [0, 0.1) is 0 Å². The monoisotopic (exact) mass is 479 g/mol. The highest BCUT2D eigenvalue weighted by Gasteiger charge is 2.38. The zero-order valence-corrected chi connectivity index (χ0v) is 21.3. The maximum Gasteiger partial charge on any atom is 0.417 e. The first-order valence-electron chi connectivity index (χ1n) is 12.8. The molecule has 0 spiro atoms.